The monoisotopic (exact) mass is 352 g/mol. The lowest BCUT2D eigenvalue weighted by Crippen LogP contribution is -2.46. The molecule has 7 nitrogen and oxygen atoms in total. The Bertz CT molecular complexity index is 949. The molecule has 3 N–H and O–H groups in total. The Kier molecular flexibility index (Phi) is 4.41. The normalized spacial score (nSPS) is 16.6. The van der Waals surface area contributed by atoms with Crippen molar-refractivity contribution in [3.8, 4) is 17.2 Å². The number of nitriles is 1. The summed E-state index contributed by atoms with van der Waals surface area (Å²) in [5.74, 6) is -1.54. The maximum atomic E-state index is 11.9. The predicted molar refractivity (Wildman–Crippen MR) is 93.2 cm³/mol. The number of amides is 1. The van der Waals surface area contributed by atoms with E-state index < -0.39 is 17.4 Å². The van der Waals surface area contributed by atoms with Crippen LogP contribution in [0.5, 0.6) is 0 Å². The van der Waals surface area contributed by atoms with Crippen molar-refractivity contribution in [1.82, 2.24) is 15.6 Å². The Balaban J connectivity index is 2.08. The van der Waals surface area contributed by atoms with Crippen molar-refractivity contribution in [2.75, 3.05) is 0 Å². The first-order valence-corrected chi connectivity index (χ1v) is 7.70. The summed E-state index contributed by atoms with van der Waals surface area (Å²) in [6, 6.07) is 10.0. The molecule has 1 aliphatic heterocycles. The average Bonchev–Trinajstić information content (AvgIpc) is 2.61. The van der Waals surface area contributed by atoms with Crippen molar-refractivity contribution in [3.63, 3.8) is 0 Å². The number of hydrogen-bond donors (Lipinski definition) is 4. The second kappa shape index (κ2) is 6.67. The maximum Gasteiger partial charge on any atom is 0.335 e. The van der Waals surface area contributed by atoms with Crippen LogP contribution < -0.4 is 10.6 Å². The van der Waals surface area contributed by atoms with Gasteiger partial charge in [-0.25, -0.2) is 4.79 Å². The Morgan fingerprint density at radius 3 is 2.68 bits per heavy atom. The standard InChI is InChI=1S/C17H12N4O3S/c18-6-13-14(20-17(25)21-15(13)22)12-5-11(7-19-8-12)9-2-1-3-10(4-9)16(23)24/h1-5,7-8,17,20,25H,(H,21,22)(H,23,24). The molecule has 1 atom stereocenters. The highest BCUT2D eigenvalue weighted by atomic mass is 32.1. The van der Waals surface area contributed by atoms with E-state index in [2.05, 4.69) is 28.2 Å². The van der Waals surface area contributed by atoms with Crippen LogP contribution in [-0.4, -0.2) is 27.5 Å². The molecule has 0 bridgehead atoms. The number of thiol groups is 1. The second-order valence-electron chi connectivity index (χ2n) is 5.23. The number of aromatic carboxylic acids is 1. The van der Waals surface area contributed by atoms with Crippen LogP contribution in [0.25, 0.3) is 16.8 Å². The van der Waals surface area contributed by atoms with Crippen molar-refractivity contribution in [2.24, 2.45) is 0 Å². The first-order chi connectivity index (χ1) is 12.0. The van der Waals surface area contributed by atoms with Gasteiger partial charge in [-0.15, -0.1) is 12.6 Å². The summed E-state index contributed by atoms with van der Waals surface area (Å²) in [4.78, 5) is 27.2. The number of pyridine rings is 1. The van der Waals surface area contributed by atoms with E-state index in [1.54, 1.807) is 24.4 Å². The number of rotatable bonds is 3. The number of carbonyl (C=O) groups excluding carboxylic acids is 1. The van der Waals surface area contributed by atoms with Crippen molar-refractivity contribution in [1.29, 1.82) is 5.26 Å². The van der Waals surface area contributed by atoms with Gasteiger partial charge < -0.3 is 15.7 Å². The summed E-state index contributed by atoms with van der Waals surface area (Å²) < 4.78 is 0. The number of nitrogens with one attached hydrogen (secondary N) is 2. The van der Waals surface area contributed by atoms with Crippen molar-refractivity contribution in [2.45, 2.75) is 5.50 Å². The molecular formula is C17H12N4O3S. The van der Waals surface area contributed by atoms with Gasteiger partial charge in [0.25, 0.3) is 5.91 Å². The number of carboxylic acid groups (broad SMARTS) is 1. The highest BCUT2D eigenvalue weighted by Gasteiger charge is 2.25. The molecule has 25 heavy (non-hydrogen) atoms. The van der Waals surface area contributed by atoms with Crippen LogP contribution >= 0.6 is 12.6 Å². The number of nitrogens with zero attached hydrogens (tertiary/aromatic N) is 2. The second-order valence-corrected chi connectivity index (χ2v) is 5.75. The van der Waals surface area contributed by atoms with Crippen LogP contribution in [0.1, 0.15) is 15.9 Å². The van der Waals surface area contributed by atoms with E-state index in [1.807, 2.05) is 6.07 Å². The zero-order valence-electron chi connectivity index (χ0n) is 12.7. The predicted octanol–water partition coefficient (Wildman–Crippen LogP) is 1.61. The molecule has 3 rings (SSSR count). The van der Waals surface area contributed by atoms with Crippen LogP contribution in [0.3, 0.4) is 0 Å². The molecule has 0 saturated heterocycles. The van der Waals surface area contributed by atoms with Crippen molar-refractivity contribution in [3.05, 3.63) is 59.4 Å². The Labute approximate surface area is 148 Å². The van der Waals surface area contributed by atoms with Gasteiger partial charge >= 0.3 is 5.97 Å². The average molecular weight is 352 g/mol. The van der Waals surface area contributed by atoms with E-state index in [4.69, 9.17) is 5.11 Å². The molecular weight excluding hydrogens is 340 g/mol. The first kappa shape index (κ1) is 16.5. The van der Waals surface area contributed by atoms with Crippen molar-refractivity contribution < 1.29 is 14.7 Å². The van der Waals surface area contributed by atoms with Gasteiger partial charge in [0.1, 0.15) is 17.1 Å². The molecule has 8 heteroatoms. The third-order valence-corrected chi connectivity index (χ3v) is 3.87. The highest BCUT2D eigenvalue weighted by molar-refractivity contribution is 7.80. The van der Waals surface area contributed by atoms with Gasteiger partial charge in [0.05, 0.1) is 11.3 Å². The van der Waals surface area contributed by atoms with Gasteiger partial charge in [0, 0.05) is 23.5 Å². The van der Waals surface area contributed by atoms with Crippen LogP contribution in [0.4, 0.5) is 0 Å². The van der Waals surface area contributed by atoms with E-state index in [9.17, 15) is 14.9 Å². The van der Waals surface area contributed by atoms with E-state index in [0.717, 1.165) is 0 Å². The summed E-state index contributed by atoms with van der Waals surface area (Å²) in [5, 5.41) is 23.8. The van der Waals surface area contributed by atoms with Crippen LogP contribution in [0.2, 0.25) is 0 Å². The smallest absolute Gasteiger partial charge is 0.335 e. The van der Waals surface area contributed by atoms with E-state index in [1.165, 1.54) is 18.3 Å². The van der Waals surface area contributed by atoms with Gasteiger partial charge in [-0.05, 0) is 23.8 Å². The van der Waals surface area contributed by atoms with Gasteiger partial charge in [-0.2, -0.15) is 5.26 Å². The van der Waals surface area contributed by atoms with Gasteiger partial charge in [0.2, 0.25) is 0 Å². The molecule has 2 heterocycles. The highest BCUT2D eigenvalue weighted by Crippen LogP contribution is 2.26. The molecule has 1 aromatic heterocycles. The molecule has 0 spiro atoms. The van der Waals surface area contributed by atoms with Crippen LogP contribution in [0.15, 0.2) is 48.3 Å². The minimum Gasteiger partial charge on any atom is -0.478 e. The van der Waals surface area contributed by atoms with Gasteiger partial charge in [-0.3, -0.25) is 9.78 Å². The Hall–Kier alpha value is -3.31. The number of aromatic nitrogens is 1. The SMILES string of the molecule is N#CC1=C(c2cncc(-c3cccc(C(=O)O)c3)c2)NC(S)NC1=O. The van der Waals surface area contributed by atoms with E-state index in [-0.39, 0.29) is 11.1 Å². The summed E-state index contributed by atoms with van der Waals surface area (Å²) in [6.07, 6.45) is 3.10. The largest absolute Gasteiger partial charge is 0.478 e. The fourth-order valence-electron chi connectivity index (χ4n) is 2.46. The lowest BCUT2D eigenvalue weighted by atomic mass is 10.0. The molecule has 1 unspecified atom stereocenters. The third-order valence-electron chi connectivity index (χ3n) is 3.61. The number of benzene rings is 1. The fourth-order valence-corrected chi connectivity index (χ4v) is 2.70. The molecule has 1 amide bonds. The van der Waals surface area contributed by atoms with Crippen LogP contribution in [-0.2, 0) is 4.79 Å². The lowest BCUT2D eigenvalue weighted by Gasteiger charge is -2.24. The molecule has 0 aliphatic carbocycles. The summed E-state index contributed by atoms with van der Waals surface area (Å²) in [5.41, 5.74) is 1.65. The molecule has 2 aromatic rings. The fraction of sp³-hybridized carbons (Fsp3) is 0.0588. The zero-order chi connectivity index (χ0) is 18.0. The topological polar surface area (TPSA) is 115 Å². The molecule has 0 saturated carbocycles. The summed E-state index contributed by atoms with van der Waals surface area (Å²) >= 11 is 4.17. The number of hydrogen-bond acceptors (Lipinski definition) is 6. The molecule has 0 fully saturated rings. The minimum atomic E-state index is -1.02. The lowest BCUT2D eigenvalue weighted by molar-refractivity contribution is -0.117. The summed E-state index contributed by atoms with van der Waals surface area (Å²) in [7, 11) is 0. The maximum absolute atomic E-state index is 11.9. The Morgan fingerprint density at radius 2 is 1.96 bits per heavy atom. The number of carbonyl (C=O) groups is 2. The zero-order valence-corrected chi connectivity index (χ0v) is 13.6. The Morgan fingerprint density at radius 1 is 1.20 bits per heavy atom. The quantitative estimate of drug-likeness (QED) is 0.624. The van der Waals surface area contributed by atoms with E-state index in [0.29, 0.717) is 22.4 Å². The number of carboxylic acids is 1. The molecule has 1 aliphatic rings. The van der Waals surface area contributed by atoms with Gasteiger partial charge in [0.15, 0.2) is 0 Å². The molecule has 1 aromatic carbocycles. The first-order valence-electron chi connectivity index (χ1n) is 7.18. The van der Waals surface area contributed by atoms with Crippen LogP contribution in [0, 0.1) is 11.3 Å². The van der Waals surface area contributed by atoms with Crippen molar-refractivity contribution >= 4 is 30.2 Å². The molecule has 0 radical (unpaired) electrons. The third kappa shape index (κ3) is 3.32. The van der Waals surface area contributed by atoms with E-state index >= 15 is 0 Å². The van der Waals surface area contributed by atoms with Gasteiger partial charge in [-0.1, -0.05) is 12.1 Å². The molecule has 124 valence electrons. The summed E-state index contributed by atoms with van der Waals surface area (Å²) in [6.45, 7) is 0. The minimum absolute atomic E-state index is 0.0662.